The quantitative estimate of drug-likeness (QED) is 0.262. The first-order valence-electron chi connectivity index (χ1n) is 3.78. The van der Waals surface area contributed by atoms with Gasteiger partial charge >= 0.3 is 6.03 Å². The van der Waals surface area contributed by atoms with Gasteiger partial charge in [-0.2, -0.15) is 5.10 Å². The number of hydrazone groups is 1. The lowest BCUT2D eigenvalue weighted by Crippen LogP contribution is -2.50. The van der Waals surface area contributed by atoms with Crippen LogP contribution in [0.2, 0.25) is 0 Å². The van der Waals surface area contributed by atoms with Crippen LogP contribution in [0.25, 0.3) is 0 Å². The summed E-state index contributed by atoms with van der Waals surface area (Å²) >= 11 is 0. The summed E-state index contributed by atoms with van der Waals surface area (Å²) < 4.78 is 0. The first-order chi connectivity index (χ1) is 6.24. The van der Waals surface area contributed by atoms with Gasteiger partial charge in [-0.15, -0.1) is 0 Å². The van der Waals surface area contributed by atoms with E-state index in [1.165, 1.54) is 6.21 Å². The van der Waals surface area contributed by atoms with E-state index in [9.17, 15) is 4.79 Å². The lowest BCUT2D eigenvalue weighted by molar-refractivity contribution is 0.160. The maximum atomic E-state index is 10.8. The number of oxime groups is 1. The zero-order chi connectivity index (χ0) is 9.68. The van der Waals surface area contributed by atoms with Gasteiger partial charge in [-0.25, -0.2) is 16.1 Å². The van der Waals surface area contributed by atoms with Gasteiger partial charge < -0.3 is 4.84 Å². The molecule has 1 aliphatic rings. The molecule has 1 rings (SSSR count). The van der Waals surface area contributed by atoms with Crippen molar-refractivity contribution in [2.75, 3.05) is 13.2 Å². The Morgan fingerprint density at radius 1 is 1.92 bits per heavy atom. The van der Waals surface area contributed by atoms with E-state index in [4.69, 9.17) is 10.7 Å². The van der Waals surface area contributed by atoms with E-state index in [0.29, 0.717) is 12.3 Å². The minimum Gasteiger partial charge on any atom is -0.396 e. The molecule has 1 heterocycles. The fourth-order valence-electron chi connectivity index (χ4n) is 0.708. The van der Waals surface area contributed by atoms with Gasteiger partial charge in [0, 0.05) is 0 Å². The molecule has 0 aromatic heterocycles. The highest BCUT2D eigenvalue weighted by Crippen LogP contribution is 1.89. The molecule has 0 aromatic rings. The molecular formula is C6H11N5O2. The highest BCUT2D eigenvalue weighted by Gasteiger charge is 2.15. The van der Waals surface area contributed by atoms with Crippen molar-refractivity contribution in [2.45, 2.75) is 6.92 Å². The Bertz CT molecular complexity index is 249. The van der Waals surface area contributed by atoms with E-state index in [1.54, 1.807) is 0 Å². The second kappa shape index (κ2) is 4.41. The number of hydrazine groups is 1. The molecule has 0 aromatic carbocycles. The molecule has 0 saturated heterocycles. The fraction of sp³-hybridized carbons (Fsp3) is 0.500. The van der Waals surface area contributed by atoms with E-state index in [2.05, 4.69) is 15.7 Å². The average molecular weight is 185 g/mol. The minimum atomic E-state index is -0.437. The number of hydrogen-bond acceptors (Lipinski definition) is 5. The van der Waals surface area contributed by atoms with Gasteiger partial charge in [0.15, 0.2) is 0 Å². The van der Waals surface area contributed by atoms with Crippen molar-refractivity contribution < 1.29 is 9.63 Å². The van der Waals surface area contributed by atoms with Gasteiger partial charge in [0.1, 0.15) is 12.3 Å². The van der Waals surface area contributed by atoms with Crippen LogP contribution in [0, 0.1) is 0 Å². The molecule has 0 radical (unpaired) electrons. The predicted molar refractivity (Wildman–Crippen MR) is 47.0 cm³/mol. The Morgan fingerprint density at radius 2 is 2.69 bits per heavy atom. The van der Waals surface area contributed by atoms with Crippen LogP contribution in [0.15, 0.2) is 10.3 Å². The molecular weight excluding hydrogens is 174 g/mol. The Morgan fingerprint density at radius 3 is 3.31 bits per heavy atom. The first kappa shape index (κ1) is 9.46. The Kier molecular flexibility index (Phi) is 3.21. The van der Waals surface area contributed by atoms with Crippen LogP contribution in [0.4, 0.5) is 4.79 Å². The van der Waals surface area contributed by atoms with Crippen LogP contribution in [-0.2, 0) is 4.84 Å². The molecule has 2 amide bonds. The number of carbonyl (C=O) groups is 1. The summed E-state index contributed by atoms with van der Waals surface area (Å²) in [6.07, 6.45) is 1.41. The van der Waals surface area contributed by atoms with Crippen molar-refractivity contribution in [1.82, 2.24) is 10.4 Å². The summed E-state index contributed by atoms with van der Waals surface area (Å²) in [4.78, 5) is 15.5. The minimum absolute atomic E-state index is 0.225. The van der Waals surface area contributed by atoms with Crippen molar-refractivity contribution >= 4 is 18.0 Å². The van der Waals surface area contributed by atoms with E-state index >= 15 is 0 Å². The fourth-order valence-corrected chi connectivity index (χ4v) is 0.708. The largest absolute Gasteiger partial charge is 0.396 e. The van der Waals surface area contributed by atoms with Crippen LogP contribution >= 0.6 is 0 Å². The van der Waals surface area contributed by atoms with Crippen molar-refractivity contribution in [1.29, 1.82) is 0 Å². The van der Waals surface area contributed by atoms with Crippen molar-refractivity contribution in [3.05, 3.63) is 0 Å². The monoisotopic (exact) mass is 185 g/mol. The summed E-state index contributed by atoms with van der Waals surface area (Å²) in [5.74, 6) is 5.31. The van der Waals surface area contributed by atoms with Crippen LogP contribution < -0.4 is 11.3 Å². The summed E-state index contributed by atoms with van der Waals surface area (Å²) in [7, 11) is 0. The maximum Gasteiger partial charge on any atom is 0.352 e. The normalized spacial score (nSPS) is 17.2. The van der Waals surface area contributed by atoms with E-state index in [1.807, 2.05) is 6.92 Å². The molecule has 7 nitrogen and oxygen atoms in total. The topological polar surface area (TPSA) is 92.3 Å². The number of amides is 2. The maximum absolute atomic E-state index is 10.8. The number of urea groups is 1. The average Bonchev–Trinajstić information content (AvgIpc) is 2.12. The molecule has 0 aliphatic carbocycles. The van der Waals surface area contributed by atoms with Crippen molar-refractivity contribution in [3.8, 4) is 0 Å². The lowest BCUT2D eigenvalue weighted by atomic mass is 10.4. The highest BCUT2D eigenvalue weighted by atomic mass is 16.6. The SMILES string of the molecule is CCON=CC1=NNC(=O)N(N)C1. The Balaban J connectivity index is 2.48. The molecule has 13 heavy (non-hydrogen) atoms. The smallest absolute Gasteiger partial charge is 0.352 e. The number of carbonyl (C=O) groups excluding carboxylic acids is 1. The third kappa shape index (κ3) is 2.71. The molecule has 0 spiro atoms. The lowest BCUT2D eigenvalue weighted by Gasteiger charge is -2.19. The third-order valence-corrected chi connectivity index (χ3v) is 1.29. The van der Waals surface area contributed by atoms with Gasteiger partial charge in [-0.3, -0.25) is 5.01 Å². The number of nitrogens with two attached hydrogens (primary N) is 1. The Hall–Kier alpha value is -1.63. The van der Waals surface area contributed by atoms with Crippen LogP contribution in [0.1, 0.15) is 6.92 Å². The number of nitrogens with one attached hydrogen (secondary N) is 1. The van der Waals surface area contributed by atoms with Gasteiger partial charge in [-0.1, -0.05) is 5.16 Å². The van der Waals surface area contributed by atoms with Crippen molar-refractivity contribution in [3.63, 3.8) is 0 Å². The van der Waals surface area contributed by atoms with Gasteiger partial charge in [0.25, 0.3) is 0 Å². The molecule has 3 N–H and O–H groups in total. The van der Waals surface area contributed by atoms with Crippen LogP contribution in [0.3, 0.4) is 0 Å². The van der Waals surface area contributed by atoms with Gasteiger partial charge in [0.2, 0.25) is 0 Å². The summed E-state index contributed by atoms with van der Waals surface area (Å²) in [5.41, 5.74) is 2.75. The van der Waals surface area contributed by atoms with Gasteiger partial charge in [0.05, 0.1) is 12.8 Å². The summed E-state index contributed by atoms with van der Waals surface area (Å²) in [5, 5.41) is 8.28. The molecule has 0 saturated carbocycles. The molecule has 0 atom stereocenters. The molecule has 72 valence electrons. The second-order valence-corrected chi connectivity index (χ2v) is 2.30. The van der Waals surface area contributed by atoms with Crippen LogP contribution in [0.5, 0.6) is 0 Å². The predicted octanol–water partition coefficient (Wildman–Crippen LogP) is -0.736. The number of hydrogen-bond donors (Lipinski definition) is 2. The first-order valence-corrected chi connectivity index (χ1v) is 3.78. The number of rotatable bonds is 3. The number of nitrogens with zero attached hydrogens (tertiary/aromatic N) is 3. The van der Waals surface area contributed by atoms with E-state index in [-0.39, 0.29) is 6.54 Å². The highest BCUT2D eigenvalue weighted by molar-refractivity contribution is 6.32. The Labute approximate surface area is 75.2 Å². The summed E-state index contributed by atoms with van der Waals surface area (Å²) in [6, 6.07) is -0.437. The molecule has 0 unspecified atom stereocenters. The van der Waals surface area contributed by atoms with Gasteiger partial charge in [-0.05, 0) is 6.92 Å². The van der Waals surface area contributed by atoms with Crippen LogP contribution in [-0.4, -0.2) is 36.1 Å². The second-order valence-electron chi connectivity index (χ2n) is 2.30. The van der Waals surface area contributed by atoms with E-state index in [0.717, 1.165) is 5.01 Å². The standard InChI is InChI=1S/C6H11N5O2/c1-2-13-8-3-5-4-11(7)6(12)10-9-5/h3H,2,4,7H2,1H3,(H,10,12). The molecule has 0 fully saturated rings. The molecule has 1 aliphatic heterocycles. The van der Waals surface area contributed by atoms with E-state index < -0.39 is 6.03 Å². The molecule has 0 bridgehead atoms. The zero-order valence-electron chi connectivity index (χ0n) is 7.23. The molecule has 7 heteroatoms. The van der Waals surface area contributed by atoms with Crippen molar-refractivity contribution in [2.24, 2.45) is 16.1 Å². The third-order valence-electron chi connectivity index (χ3n) is 1.29. The zero-order valence-corrected chi connectivity index (χ0v) is 7.23. The summed E-state index contributed by atoms with van der Waals surface area (Å²) in [6.45, 7) is 2.53.